The second-order valence-electron chi connectivity index (χ2n) is 5.36. The molecule has 0 spiro atoms. The molecule has 21 heavy (non-hydrogen) atoms. The molecule has 1 fully saturated rings. The Morgan fingerprint density at radius 3 is 2.90 bits per heavy atom. The second kappa shape index (κ2) is 5.25. The Morgan fingerprint density at radius 1 is 1.43 bits per heavy atom. The number of imidazole rings is 1. The van der Waals surface area contributed by atoms with Crippen molar-refractivity contribution in [1.82, 2.24) is 24.4 Å². The van der Waals surface area contributed by atoms with Gasteiger partial charge in [0.05, 0.1) is 17.7 Å². The number of nitrogens with zero attached hydrogens (tertiary/aromatic N) is 5. The van der Waals surface area contributed by atoms with Crippen molar-refractivity contribution in [3.8, 4) is 5.95 Å². The van der Waals surface area contributed by atoms with Gasteiger partial charge < -0.3 is 5.11 Å². The van der Waals surface area contributed by atoms with Gasteiger partial charge in [0.25, 0.3) is 0 Å². The number of aromatic nitrogens is 4. The van der Waals surface area contributed by atoms with Crippen LogP contribution in [0, 0.1) is 12.8 Å². The fraction of sp³-hybridized carbons (Fsp3) is 0.429. The van der Waals surface area contributed by atoms with Gasteiger partial charge in [-0.25, -0.2) is 15.0 Å². The highest BCUT2D eigenvalue weighted by molar-refractivity contribution is 5.71. The van der Waals surface area contributed by atoms with Crippen molar-refractivity contribution in [3.63, 3.8) is 0 Å². The van der Waals surface area contributed by atoms with Gasteiger partial charge in [0, 0.05) is 18.1 Å². The number of carboxylic acids is 1. The first-order valence-corrected chi connectivity index (χ1v) is 6.83. The number of hydrogen-bond donors (Lipinski definition) is 1. The monoisotopic (exact) mass is 287 g/mol. The molecule has 0 saturated carbocycles. The Kier molecular flexibility index (Phi) is 3.42. The van der Waals surface area contributed by atoms with Crippen LogP contribution in [0.1, 0.15) is 23.9 Å². The van der Waals surface area contributed by atoms with Crippen LogP contribution in [0.15, 0.2) is 24.8 Å². The Hall–Kier alpha value is -2.28. The van der Waals surface area contributed by atoms with Gasteiger partial charge in [0.15, 0.2) is 0 Å². The van der Waals surface area contributed by atoms with E-state index in [2.05, 4.69) is 15.0 Å². The highest BCUT2D eigenvalue weighted by Crippen LogP contribution is 2.35. The van der Waals surface area contributed by atoms with Gasteiger partial charge in [-0.3, -0.25) is 14.3 Å². The molecule has 3 rings (SSSR count). The molecular weight excluding hydrogens is 270 g/mol. The summed E-state index contributed by atoms with van der Waals surface area (Å²) < 4.78 is 1.72. The zero-order valence-electron chi connectivity index (χ0n) is 12.0. The zero-order valence-corrected chi connectivity index (χ0v) is 12.0. The lowest BCUT2D eigenvalue weighted by molar-refractivity contribution is -0.142. The smallest absolute Gasteiger partial charge is 0.308 e. The number of likely N-dealkylation sites (tertiary alicyclic amines) is 1. The quantitative estimate of drug-likeness (QED) is 0.908. The fourth-order valence-corrected chi connectivity index (χ4v) is 2.86. The molecule has 0 aromatic carbocycles. The maximum absolute atomic E-state index is 11.4. The first kappa shape index (κ1) is 13.7. The molecule has 1 aliphatic rings. The van der Waals surface area contributed by atoms with Crippen LogP contribution in [0.4, 0.5) is 0 Å². The van der Waals surface area contributed by atoms with Crippen molar-refractivity contribution in [2.75, 3.05) is 13.6 Å². The van der Waals surface area contributed by atoms with Crippen LogP contribution in [0.5, 0.6) is 0 Å². The molecule has 1 N–H and O–H groups in total. The number of rotatable bonds is 3. The average Bonchev–Trinajstić information content (AvgIpc) is 3.06. The molecule has 110 valence electrons. The normalized spacial score (nSPS) is 22.6. The molecule has 2 atom stereocenters. The lowest BCUT2D eigenvalue weighted by atomic mass is 9.97. The van der Waals surface area contributed by atoms with E-state index in [4.69, 9.17) is 0 Å². The van der Waals surface area contributed by atoms with E-state index in [1.54, 1.807) is 23.3 Å². The molecule has 7 nitrogen and oxygen atoms in total. The molecule has 2 aromatic heterocycles. The zero-order chi connectivity index (χ0) is 15.0. The summed E-state index contributed by atoms with van der Waals surface area (Å²) in [6, 6.07) is 1.65. The molecule has 1 saturated heterocycles. The SMILES string of the molecule is Cc1cc(C2C(C(=O)O)CCN2C)nc(-n2ccnc2)n1. The van der Waals surface area contributed by atoms with E-state index in [-0.39, 0.29) is 6.04 Å². The third-order valence-corrected chi connectivity index (χ3v) is 3.87. The summed E-state index contributed by atoms with van der Waals surface area (Å²) in [7, 11) is 1.93. The van der Waals surface area contributed by atoms with Gasteiger partial charge in [-0.2, -0.15) is 0 Å². The van der Waals surface area contributed by atoms with Gasteiger partial charge in [0.1, 0.15) is 6.33 Å². The molecule has 7 heteroatoms. The number of carbonyl (C=O) groups is 1. The van der Waals surface area contributed by atoms with Crippen LogP contribution >= 0.6 is 0 Å². The topological polar surface area (TPSA) is 84.1 Å². The van der Waals surface area contributed by atoms with E-state index in [1.807, 2.05) is 24.9 Å². The summed E-state index contributed by atoms with van der Waals surface area (Å²) in [5.74, 6) is -0.684. The molecule has 1 aliphatic heterocycles. The summed E-state index contributed by atoms with van der Waals surface area (Å²) in [5, 5.41) is 9.40. The summed E-state index contributed by atoms with van der Waals surface area (Å²) >= 11 is 0. The van der Waals surface area contributed by atoms with Crippen molar-refractivity contribution in [2.45, 2.75) is 19.4 Å². The van der Waals surface area contributed by atoms with E-state index in [9.17, 15) is 9.90 Å². The minimum Gasteiger partial charge on any atom is -0.481 e. The van der Waals surface area contributed by atoms with Crippen molar-refractivity contribution < 1.29 is 9.90 Å². The van der Waals surface area contributed by atoms with Crippen molar-refractivity contribution in [2.24, 2.45) is 5.92 Å². The summed E-state index contributed by atoms with van der Waals surface area (Å²) in [4.78, 5) is 26.4. The van der Waals surface area contributed by atoms with Crippen LogP contribution in [0.2, 0.25) is 0 Å². The van der Waals surface area contributed by atoms with E-state index in [0.717, 1.165) is 17.9 Å². The van der Waals surface area contributed by atoms with Crippen molar-refractivity contribution in [3.05, 3.63) is 36.2 Å². The predicted octanol–water partition coefficient (Wildman–Crippen LogP) is 1.05. The Morgan fingerprint density at radius 2 is 2.24 bits per heavy atom. The average molecular weight is 287 g/mol. The largest absolute Gasteiger partial charge is 0.481 e. The Bertz CT molecular complexity index is 655. The minimum atomic E-state index is -0.773. The molecule has 0 radical (unpaired) electrons. The van der Waals surface area contributed by atoms with Gasteiger partial charge in [-0.1, -0.05) is 0 Å². The molecule has 2 unspecified atom stereocenters. The van der Waals surface area contributed by atoms with Gasteiger partial charge in [0.2, 0.25) is 5.95 Å². The van der Waals surface area contributed by atoms with E-state index < -0.39 is 11.9 Å². The third kappa shape index (κ3) is 2.52. The Labute approximate surface area is 122 Å². The lowest BCUT2D eigenvalue weighted by Gasteiger charge is -2.23. The van der Waals surface area contributed by atoms with Crippen LogP contribution in [-0.2, 0) is 4.79 Å². The van der Waals surface area contributed by atoms with Gasteiger partial charge >= 0.3 is 5.97 Å². The molecule has 0 amide bonds. The van der Waals surface area contributed by atoms with E-state index in [0.29, 0.717) is 12.4 Å². The maximum Gasteiger partial charge on any atom is 0.308 e. The highest BCUT2D eigenvalue weighted by atomic mass is 16.4. The fourth-order valence-electron chi connectivity index (χ4n) is 2.86. The lowest BCUT2D eigenvalue weighted by Crippen LogP contribution is -2.26. The number of aryl methyl sites for hydroxylation is 1. The minimum absolute atomic E-state index is 0.216. The summed E-state index contributed by atoms with van der Waals surface area (Å²) in [6.07, 6.45) is 5.70. The summed E-state index contributed by atoms with van der Waals surface area (Å²) in [6.45, 7) is 2.64. The van der Waals surface area contributed by atoms with Gasteiger partial charge in [-0.05, 0) is 33.0 Å². The predicted molar refractivity (Wildman–Crippen MR) is 75.0 cm³/mol. The van der Waals surface area contributed by atoms with Crippen LogP contribution in [0.3, 0.4) is 0 Å². The molecule has 3 heterocycles. The van der Waals surface area contributed by atoms with Crippen molar-refractivity contribution in [1.29, 1.82) is 0 Å². The van der Waals surface area contributed by atoms with Crippen LogP contribution < -0.4 is 0 Å². The standard InChI is InChI=1S/C14H17N5O2/c1-9-7-11(12-10(13(20)21)3-5-18(12)2)17-14(16-9)19-6-4-15-8-19/h4,6-8,10,12H,3,5H2,1-2H3,(H,20,21). The van der Waals surface area contributed by atoms with Crippen molar-refractivity contribution >= 4 is 5.97 Å². The third-order valence-electron chi connectivity index (χ3n) is 3.87. The first-order valence-electron chi connectivity index (χ1n) is 6.83. The highest BCUT2D eigenvalue weighted by Gasteiger charge is 2.39. The number of carboxylic acid groups (broad SMARTS) is 1. The van der Waals surface area contributed by atoms with E-state index >= 15 is 0 Å². The molecule has 0 aliphatic carbocycles. The number of hydrogen-bond acceptors (Lipinski definition) is 5. The first-order chi connectivity index (χ1) is 10.1. The van der Waals surface area contributed by atoms with Crippen LogP contribution in [-0.4, -0.2) is 49.1 Å². The summed E-state index contributed by atoms with van der Waals surface area (Å²) in [5.41, 5.74) is 1.56. The van der Waals surface area contributed by atoms with E-state index in [1.165, 1.54) is 0 Å². The van der Waals surface area contributed by atoms with Crippen LogP contribution in [0.25, 0.3) is 5.95 Å². The molecule has 2 aromatic rings. The Balaban J connectivity index is 2.03. The molecular formula is C14H17N5O2. The second-order valence-corrected chi connectivity index (χ2v) is 5.36. The molecule has 0 bridgehead atoms. The van der Waals surface area contributed by atoms with Gasteiger partial charge in [-0.15, -0.1) is 0 Å². The maximum atomic E-state index is 11.4. The number of aliphatic carboxylic acids is 1.